The maximum atomic E-state index is 12.1. The van der Waals surface area contributed by atoms with Crippen molar-refractivity contribution in [2.45, 2.75) is 51.6 Å². The first kappa shape index (κ1) is 23.2. The predicted octanol–water partition coefficient (Wildman–Crippen LogP) is 3.52. The van der Waals surface area contributed by atoms with Crippen molar-refractivity contribution in [1.82, 2.24) is 15.5 Å². The second kappa shape index (κ2) is 12.6. The summed E-state index contributed by atoms with van der Waals surface area (Å²) in [6.45, 7) is 6.26. The summed E-state index contributed by atoms with van der Waals surface area (Å²) in [5.74, 6) is 0.872. The summed E-state index contributed by atoms with van der Waals surface area (Å²) in [6, 6.07) is 8.55. The Morgan fingerprint density at radius 2 is 1.85 bits per heavy atom. The van der Waals surface area contributed by atoms with Crippen LogP contribution in [0, 0.1) is 5.92 Å². The van der Waals surface area contributed by atoms with Gasteiger partial charge in [0.05, 0.1) is 0 Å². The Balaban J connectivity index is 0.00000169. The van der Waals surface area contributed by atoms with Crippen LogP contribution in [0.1, 0.15) is 49.7 Å². The normalized spacial score (nSPS) is 20.1. The average molecular weight is 402 g/mol. The van der Waals surface area contributed by atoms with Gasteiger partial charge >= 0.3 is 0 Å². The molecular weight excluding hydrogens is 369 g/mol. The molecule has 0 bridgehead atoms. The molecule has 26 heavy (non-hydrogen) atoms. The molecule has 1 aromatic rings. The molecule has 2 heterocycles. The first-order valence-corrected chi connectivity index (χ1v) is 9.58. The Bertz CT molecular complexity index is 530. The summed E-state index contributed by atoms with van der Waals surface area (Å²) >= 11 is 0. The number of halogens is 2. The van der Waals surface area contributed by atoms with Crippen molar-refractivity contribution in [3.63, 3.8) is 0 Å². The third-order valence-corrected chi connectivity index (χ3v) is 5.38. The molecule has 2 fully saturated rings. The highest BCUT2D eigenvalue weighted by molar-refractivity contribution is 5.85. The number of rotatable bonds is 7. The van der Waals surface area contributed by atoms with Crippen LogP contribution in [0.25, 0.3) is 0 Å². The molecule has 0 aromatic heterocycles. The lowest BCUT2D eigenvalue weighted by molar-refractivity contribution is -0.121. The molecule has 2 saturated heterocycles. The second-order valence-electron chi connectivity index (χ2n) is 7.28. The maximum Gasteiger partial charge on any atom is 0.220 e. The molecule has 4 nitrogen and oxygen atoms in total. The van der Waals surface area contributed by atoms with Crippen LogP contribution in [0.3, 0.4) is 0 Å². The van der Waals surface area contributed by atoms with E-state index in [4.69, 9.17) is 0 Å². The number of hydrogen-bond acceptors (Lipinski definition) is 3. The summed E-state index contributed by atoms with van der Waals surface area (Å²) in [5, 5.41) is 6.49. The third-order valence-electron chi connectivity index (χ3n) is 5.38. The molecule has 2 aliphatic rings. The quantitative estimate of drug-likeness (QED) is 0.734. The van der Waals surface area contributed by atoms with Crippen LogP contribution in [0.5, 0.6) is 0 Å². The maximum absolute atomic E-state index is 12.1. The van der Waals surface area contributed by atoms with Gasteiger partial charge in [-0.2, -0.15) is 0 Å². The van der Waals surface area contributed by atoms with Crippen LogP contribution in [0.4, 0.5) is 0 Å². The number of amides is 1. The van der Waals surface area contributed by atoms with Gasteiger partial charge in [-0.1, -0.05) is 30.7 Å². The summed E-state index contributed by atoms with van der Waals surface area (Å²) in [5.41, 5.74) is 2.62. The smallest absolute Gasteiger partial charge is 0.220 e. The molecule has 0 saturated carbocycles. The summed E-state index contributed by atoms with van der Waals surface area (Å²) in [6.07, 6.45) is 6.87. The van der Waals surface area contributed by atoms with Crippen molar-refractivity contribution in [1.29, 1.82) is 0 Å². The fourth-order valence-electron chi connectivity index (χ4n) is 3.82. The van der Waals surface area contributed by atoms with E-state index in [1.54, 1.807) is 0 Å². The first-order valence-electron chi connectivity index (χ1n) is 9.58. The Morgan fingerprint density at radius 1 is 1.12 bits per heavy atom. The van der Waals surface area contributed by atoms with Gasteiger partial charge in [0.15, 0.2) is 0 Å². The van der Waals surface area contributed by atoms with Gasteiger partial charge in [-0.15, -0.1) is 24.8 Å². The topological polar surface area (TPSA) is 44.4 Å². The van der Waals surface area contributed by atoms with Crippen molar-refractivity contribution < 1.29 is 4.79 Å². The van der Waals surface area contributed by atoms with Gasteiger partial charge in [0, 0.05) is 19.5 Å². The number of hydrogen-bond donors (Lipinski definition) is 2. The van der Waals surface area contributed by atoms with Crippen molar-refractivity contribution in [2.75, 3.05) is 26.2 Å². The van der Waals surface area contributed by atoms with Crippen LogP contribution >= 0.6 is 24.8 Å². The Labute approximate surface area is 170 Å². The minimum absolute atomic E-state index is 0. The zero-order chi connectivity index (χ0) is 16.6. The molecule has 2 aliphatic heterocycles. The lowest BCUT2D eigenvalue weighted by Gasteiger charge is -2.27. The largest absolute Gasteiger partial charge is 0.352 e. The molecule has 148 valence electrons. The first-order chi connectivity index (χ1) is 11.8. The second-order valence-corrected chi connectivity index (χ2v) is 7.28. The lowest BCUT2D eigenvalue weighted by Crippen LogP contribution is -2.30. The molecule has 0 aliphatic carbocycles. The molecule has 3 rings (SSSR count). The average Bonchev–Trinajstić information content (AvgIpc) is 3.14. The van der Waals surface area contributed by atoms with Crippen LogP contribution in [0.15, 0.2) is 24.3 Å². The van der Waals surface area contributed by atoms with E-state index >= 15 is 0 Å². The van der Waals surface area contributed by atoms with Crippen molar-refractivity contribution in [2.24, 2.45) is 5.92 Å². The number of benzene rings is 1. The van der Waals surface area contributed by atoms with Crippen molar-refractivity contribution >= 4 is 30.7 Å². The van der Waals surface area contributed by atoms with Gasteiger partial charge in [-0.05, 0) is 68.9 Å². The minimum Gasteiger partial charge on any atom is -0.352 e. The summed E-state index contributed by atoms with van der Waals surface area (Å²) < 4.78 is 0. The van der Waals surface area contributed by atoms with E-state index in [2.05, 4.69) is 39.8 Å². The number of carbonyl (C=O) groups excluding carboxylic acids is 1. The molecule has 1 amide bonds. The minimum atomic E-state index is 0. The van der Waals surface area contributed by atoms with Crippen LogP contribution in [-0.4, -0.2) is 37.0 Å². The van der Waals surface area contributed by atoms with Gasteiger partial charge in [0.25, 0.3) is 0 Å². The monoisotopic (exact) mass is 401 g/mol. The number of carbonyl (C=O) groups is 1. The van der Waals surface area contributed by atoms with Gasteiger partial charge in [-0.3, -0.25) is 9.69 Å². The molecule has 1 aromatic carbocycles. The van der Waals surface area contributed by atoms with Crippen LogP contribution < -0.4 is 10.6 Å². The molecule has 0 spiro atoms. The van der Waals surface area contributed by atoms with Gasteiger partial charge in [-0.25, -0.2) is 0 Å². The zero-order valence-corrected chi connectivity index (χ0v) is 17.2. The van der Waals surface area contributed by atoms with Crippen molar-refractivity contribution in [3.05, 3.63) is 35.4 Å². The number of nitrogens with zero attached hydrogens (tertiary/aromatic N) is 1. The summed E-state index contributed by atoms with van der Waals surface area (Å²) in [4.78, 5) is 14.7. The molecule has 1 unspecified atom stereocenters. The number of likely N-dealkylation sites (tertiary alicyclic amines) is 1. The van der Waals surface area contributed by atoms with Gasteiger partial charge in [0.1, 0.15) is 0 Å². The highest BCUT2D eigenvalue weighted by Crippen LogP contribution is 2.17. The predicted molar refractivity (Wildman–Crippen MR) is 112 cm³/mol. The standard InChI is InChI=1S/C20H31N3O.2ClH/c24-20(9-8-17-10-11-21-14-17)22-15-18-6-2-3-7-19(18)16-23-12-4-1-5-13-23;;/h2-3,6-7,17,21H,1,4-5,8-16H2,(H,22,24);2*1H. The van der Waals surface area contributed by atoms with E-state index in [1.165, 1.54) is 49.9 Å². The van der Waals surface area contributed by atoms with Gasteiger partial charge in [0.2, 0.25) is 5.91 Å². The van der Waals surface area contributed by atoms with E-state index in [0.717, 1.165) is 26.1 Å². The molecular formula is C20H33Cl2N3O. The summed E-state index contributed by atoms with van der Waals surface area (Å²) in [7, 11) is 0. The fourth-order valence-corrected chi connectivity index (χ4v) is 3.82. The Kier molecular flexibility index (Phi) is 11.2. The zero-order valence-electron chi connectivity index (χ0n) is 15.5. The molecule has 0 radical (unpaired) electrons. The van der Waals surface area contributed by atoms with E-state index in [0.29, 0.717) is 18.9 Å². The van der Waals surface area contributed by atoms with E-state index in [1.807, 2.05) is 0 Å². The highest BCUT2D eigenvalue weighted by atomic mass is 35.5. The Hall–Kier alpha value is -0.810. The van der Waals surface area contributed by atoms with Gasteiger partial charge < -0.3 is 10.6 Å². The van der Waals surface area contributed by atoms with E-state index in [-0.39, 0.29) is 30.7 Å². The van der Waals surface area contributed by atoms with E-state index < -0.39 is 0 Å². The van der Waals surface area contributed by atoms with Crippen LogP contribution in [0.2, 0.25) is 0 Å². The molecule has 6 heteroatoms. The lowest BCUT2D eigenvalue weighted by atomic mass is 10.0. The SMILES string of the molecule is Cl.Cl.O=C(CCC1CCNC1)NCc1ccccc1CN1CCCCC1. The molecule has 2 N–H and O–H groups in total. The van der Waals surface area contributed by atoms with Crippen molar-refractivity contribution in [3.8, 4) is 0 Å². The number of nitrogens with one attached hydrogen (secondary N) is 2. The highest BCUT2D eigenvalue weighted by Gasteiger charge is 2.16. The van der Waals surface area contributed by atoms with Crippen LogP contribution in [-0.2, 0) is 17.9 Å². The fraction of sp³-hybridized carbons (Fsp3) is 0.650. The number of piperidine rings is 1. The third kappa shape index (κ3) is 7.43. The van der Waals surface area contributed by atoms with E-state index in [9.17, 15) is 4.79 Å². The Morgan fingerprint density at radius 3 is 2.54 bits per heavy atom. The molecule has 1 atom stereocenters.